The molecule has 7 nitrogen and oxygen atoms in total. The molecule has 3 aromatic rings. The summed E-state index contributed by atoms with van der Waals surface area (Å²) in [5, 5.41) is 7.49. The zero-order chi connectivity index (χ0) is 21.0. The first-order chi connectivity index (χ1) is 13.9. The molecule has 9 heteroatoms. The molecule has 0 aliphatic carbocycles. The highest BCUT2D eigenvalue weighted by Gasteiger charge is 2.23. The van der Waals surface area contributed by atoms with Crippen molar-refractivity contribution in [2.75, 3.05) is 7.11 Å². The Balaban J connectivity index is 1.84. The Labute approximate surface area is 171 Å². The van der Waals surface area contributed by atoms with E-state index in [1.165, 1.54) is 36.1 Å². The number of carbonyl (C=O) groups is 2. The van der Waals surface area contributed by atoms with Gasteiger partial charge in [-0.05, 0) is 48.9 Å². The molecule has 0 radical (unpaired) electrons. The summed E-state index contributed by atoms with van der Waals surface area (Å²) >= 11 is 5.91. The van der Waals surface area contributed by atoms with Crippen molar-refractivity contribution >= 4 is 23.5 Å². The first kappa shape index (κ1) is 20.5. The smallest absolute Gasteiger partial charge is 0.307 e. The summed E-state index contributed by atoms with van der Waals surface area (Å²) in [5.41, 5.74) is 1.25. The van der Waals surface area contributed by atoms with Crippen LogP contribution in [0.3, 0.4) is 0 Å². The fourth-order valence-corrected chi connectivity index (χ4v) is 2.86. The van der Waals surface area contributed by atoms with Gasteiger partial charge >= 0.3 is 5.97 Å². The van der Waals surface area contributed by atoms with E-state index < -0.39 is 17.9 Å². The number of aryl methyl sites for hydroxylation is 1. The van der Waals surface area contributed by atoms with Gasteiger partial charge in [-0.2, -0.15) is 0 Å². The first-order valence-corrected chi connectivity index (χ1v) is 9.08. The Morgan fingerprint density at radius 2 is 1.83 bits per heavy atom. The van der Waals surface area contributed by atoms with E-state index in [0.717, 1.165) is 0 Å². The van der Waals surface area contributed by atoms with Crippen molar-refractivity contribution in [3.05, 3.63) is 76.6 Å². The van der Waals surface area contributed by atoms with Crippen LogP contribution in [0.1, 0.15) is 34.5 Å². The molecule has 0 unspecified atom stereocenters. The van der Waals surface area contributed by atoms with Crippen molar-refractivity contribution in [1.29, 1.82) is 0 Å². The zero-order valence-electron chi connectivity index (χ0n) is 15.7. The molecule has 0 fully saturated rings. The van der Waals surface area contributed by atoms with Crippen LogP contribution in [0.25, 0.3) is 5.69 Å². The van der Waals surface area contributed by atoms with Crippen molar-refractivity contribution < 1.29 is 18.7 Å². The third kappa shape index (κ3) is 4.97. The maximum Gasteiger partial charge on any atom is 0.307 e. The molecule has 0 spiro atoms. The average Bonchev–Trinajstić information content (AvgIpc) is 3.10. The lowest BCUT2D eigenvalue weighted by Gasteiger charge is -2.17. The van der Waals surface area contributed by atoms with Gasteiger partial charge in [0.05, 0.1) is 25.3 Å². The van der Waals surface area contributed by atoms with Crippen molar-refractivity contribution in [2.24, 2.45) is 0 Å². The highest BCUT2D eigenvalue weighted by atomic mass is 35.5. The Kier molecular flexibility index (Phi) is 6.23. The lowest BCUT2D eigenvalue weighted by Crippen LogP contribution is -2.31. The fraction of sp³-hybridized carbons (Fsp3) is 0.200. The van der Waals surface area contributed by atoms with Crippen LogP contribution in [-0.2, 0) is 9.53 Å². The number of benzene rings is 2. The monoisotopic (exact) mass is 416 g/mol. The Hall–Kier alpha value is -3.26. The second kappa shape index (κ2) is 8.83. The van der Waals surface area contributed by atoms with Gasteiger partial charge in [-0.3, -0.25) is 9.59 Å². The van der Waals surface area contributed by atoms with Crippen LogP contribution in [0, 0.1) is 12.7 Å². The van der Waals surface area contributed by atoms with E-state index in [1.807, 2.05) is 0 Å². The van der Waals surface area contributed by atoms with Gasteiger partial charge in [-0.1, -0.05) is 23.7 Å². The van der Waals surface area contributed by atoms with Crippen molar-refractivity contribution in [2.45, 2.75) is 19.4 Å². The number of aromatic nitrogens is 3. The molecule has 1 aromatic heterocycles. The summed E-state index contributed by atoms with van der Waals surface area (Å²) in [6, 6.07) is 11.8. The standard InChI is InChI=1S/C20H18ClFN4O3/c1-12-23-19(25-26(12)16-9-7-15(22)8-10-16)20(28)24-17(11-18(27)29-2)13-3-5-14(21)6-4-13/h3-10,17H,11H2,1-2H3,(H,24,28)/t17-/m1/s1. The summed E-state index contributed by atoms with van der Waals surface area (Å²) in [5.74, 6) is -1.03. The Morgan fingerprint density at radius 3 is 2.45 bits per heavy atom. The molecule has 0 aliphatic rings. The number of rotatable bonds is 6. The number of esters is 1. The van der Waals surface area contributed by atoms with Crippen LogP contribution in [0.5, 0.6) is 0 Å². The minimum Gasteiger partial charge on any atom is -0.469 e. The van der Waals surface area contributed by atoms with Gasteiger partial charge in [0.1, 0.15) is 11.6 Å². The summed E-state index contributed by atoms with van der Waals surface area (Å²) in [4.78, 5) is 28.7. The Morgan fingerprint density at radius 1 is 1.17 bits per heavy atom. The molecular weight excluding hydrogens is 399 g/mol. The quantitative estimate of drug-likeness (QED) is 0.622. The number of methoxy groups -OCH3 is 1. The molecule has 1 heterocycles. The molecule has 0 saturated heterocycles. The molecule has 29 heavy (non-hydrogen) atoms. The summed E-state index contributed by atoms with van der Waals surface area (Å²) < 4.78 is 19.3. The number of nitrogens with one attached hydrogen (secondary N) is 1. The van der Waals surface area contributed by atoms with E-state index in [4.69, 9.17) is 16.3 Å². The second-order valence-electron chi connectivity index (χ2n) is 6.23. The van der Waals surface area contributed by atoms with Gasteiger partial charge in [0, 0.05) is 5.02 Å². The Bertz CT molecular complexity index is 1020. The van der Waals surface area contributed by atoms with Gasteiger partial charge in [-0.15, -0.1) is 5.10 Å². The topological polar surface area (TPSA) is 86.1 Å². The average molecular weight is 417 g/mol. The van der Waals surface area contributed by atoms with E-state index >= 15 is 0 Å². The molecule has 0 aliphatic heterocycles. The SMILES string of the molecule is COC(=O)C[C@@H](NC(=O)c1nc(C)n(-c2ccc(F)cc2)n1)c1ccc(Cl)cc1. The van der Waals surface area contributed by atoms with Crippen LogP contribution >= 0.6 is 11.6 Å². The van der Waals surface area contributed by atoms with E-state index in [9.17, 15) is 14.0 Å². The number of nitrogens with zero attached hydrogens (tertiary/aromatic N) is 3. The van der Waals surface area contributed by atoms with Gasteiger partial charge < -0.3 is 10.1 Å². The number of ether oxygens (including phenoxy) is 1. The molecule has 1 atom stereocenters. The van der Waals surface area contributed by atoms with Crippen molar-refractivity contribution in [3.63, 3.8) is 0 Å². The number of hydrogen-bond acceptors (Lipinski definition) is 5. The van der Waals surface area contributed by atoms with Gasteiger partial charge in [0.2, 0.25) is 5.82 Å². The highest BCUT2D eigenvalue weighted by molar-refractivity contribution is 6.30. The maximum atomic E-state index is 13.1. The molecule has 0 bridgehead atoms. The molecule has 150 valence electrons. The molecule has 1 amide bonds. The predicted molar refractivity (Wildman–Crippen MR) is 104 cm³/mol. The van der Waals surface area contributed by atoms with Crippen LogP contribution < -0.4 is 5.32 Å². The predicted octanol–water partition coefficient (Wildman–Crippen LogP) is 3.40. The number of carbonyl (C=O) groups excluding carboxylic acids is 2. The van der Waals surface area contributed by atoms with E-state index in [1.54, 1.807) is 31.2 Å². The van der Waals surface area contributed by atoms with Crippen molar-refractivity contribution in [3.8, 4) is 5.69 Å². The first-order valence-electron chi connectivity index (χ1n) is 8.70. The van der Waals surface area contributed by atoms with Crippen LogP contribution in [-0.4, -0.2) is 33.8 Å². The van der Waals surface area contributed by atoms with Gasteiger partial charge in [0.25, 0.3) is 5.91 Å². The lowest BCUT2D eigenvalue weighted by molar-refractivity contribution is -0.141. The molecule has 1 N–H and O–H groups in total. The molecule has 3 rings (SSSR count). The summed E-state index contributed by atoms with van der Waals surface area (Å²) in [6.45, 7) is 1.68. The maximum absolute atomic E-state index is 13.1. The second-order valence-corrected chi connectivity index (χ2v) is 6.67. The molecule has 0 saturated carbocycles. The third-order valence-electron chi connectivity index (χ3n) is 4.22. The van der Waals surface area contributed by atoms with Crippen LogP contribution in [0.4, 0.5) is 4.39 Å². The number of halogens is 2. The van der Waals surface area contributed by atoms with Gasteiger partial charge in [-0.25, -0.2) is 14.1 Å². The van der Waals surface area contributed by atoms with E-state index in [-0.39, 0.29) is 18.1 Å². The van der Waals surface area contributed by atoms with Crippen molar-refractivity contribution in [1.82, 2.24) is 20.1 Å². The lowest BCUT2D eigenvalue weighted by atomic mass is 10.0. The highest BCUT2D eigenvalue weighted by Crippen LogP contribution is 2.20. The normalized spacial score (nSPS) is 11.7. The molecule has 2 aromatic carbocycles. The minimum absolute atomic E-state index is 0.0679. The van der Waals surface area contributed by atoms with Crippen LogP contribution in [0.2, 0.25) is 5.02 Å². The zero-order valence-corrected chi connectivity index (χ0v) is 16.5. The fourth-order valence-electron chi connectivity index (χ4n) is 2.73. The third-order valence-corrected chi connectivity index (χ3v) is 4.47. The summed E-state index contributed by atoms with van der Waals surface area (Å²) in [6.07, 6.45) is -0.0679. The van der Waals surface area contributed by atoms with E-state index in [2.05, 4.69) is 15.4 Å². The molecular formula is C20H18ClFN4O3. The van der Waals surface area contributed by atoms with E-state index in [0.29, 0.717) is 22.1 Å². The summed E-state index contributed by atoms with van der Waals surface area (Å²) in [7, 11) is 1.28. The largest absolute Gasteiger partial charge is 0.469 e. The minimum atomic E-state index is -0.648. The van der Waals surface area contributed by atoms with Crippen LogP contribution in [0.15, 0.2) is 48.5 Å². The number of amides is 1. The van der Waals surface area contributed by atoms with Gasteiger partial charge in [0.15, 0.2) is 0 Å². The number of hydrogen-bond donors (Lipinski definition) is 1.